The highest BCUT2D eigenvalue weighted by Gasteiger charge is 1.70. The van der Waals surface area contributed by atoms with Crippen molar-refractivity contribution in [3.63, 3.8) is 0 Å². The molecule has 0 heterocycles. The molecular weight excluding hydrogens is 110 g/mol. The van der Waals surface area contributed by atoms with Crippen LogP contribution >= 0.6 is 12.9 Å². The summed E-state index contributed by atoms with van der Waals surface area (Å²) >= 11 is 1.38. The maximum Gasteiger partial charge on any atom is 0.182 e. The first-order chi connectivity index (χ1) is 2.27. The van der Waals surface area contributed by atoms with E-state index in [1.54, 1.807) is 0 Å². The maximum absolute atomic E-state index is 7.76. The Balaban J connectivity index is 2.85. The molecule has 0 aliphatic heterocycles. The minimum absolute atomic E-state index is 1.71. The smallest absolute Gasteiger partial charge is 0.182 e. The van der Waals surface area contributed by atoms with Crippen molar-refractivity contribution in [1.82, 2.24) is 0 Å². The minimum atomic E-state index is -1.71. The maximum atomic E-state index is 7.76. The van der Waals surface area contributed by atoms with Crippen molar-refractivity contribution in [3.05, 3.63) is 0 Å². The van der Waals surface area contributed by atoms with Crippen molar-refractivity contribution in [1.29, 1.82) is 4.78 Å². The predicted octanol–water partition coefficient (Wildman–Crippen LogP) is 0.616. The second-order valence-electron chi connectivity index (χ2n) is 0.324. The molecule has 0 aliphatic carbocycles. The van der Waals surface area contributed by atoms with Crippen LogP contribution in [0.2, 0.25) is 0 Å². The van der Waals surface area contributed by atoms with Gasteiger partial charge < -0.3 is 0 Å². The first kappa shape index (κ1) is 5.42. The lowest BCUT2D eigenvalue weighted by Crippen LogP contribution is -1.75. The summed E-state index contributed by atoms with van der Waals surface area (Å²) in [7, 11) is 0. The molecule has 0 spiro atoms. The molecule has 3 nitrogen and oxygen atoms in total. The van der Waals surface area contributed by atoms with Crippen LogP contribution in [-0.4, -0.2) is 4.55 Å². The van der Waals surface area contributed by atoms with E-state index in [1.165, 1.54) is 0 Å². The van der Waals surface area contributed by atoms with Crippen molar-refractivity contribution >= 4 is 24.2 Å². The number of hydrogen-bond acceptors (Lipinski definition) is 3. The van der Waals surface area contributed by atoms with Gasteiger partial charge in [-0.2, -0.15) is 0 Å². The molecule has 0 aromatic heterocycles. The zero-order valence-corrected chi connectivity index (χ0v) is 3.92. The van der Waals surface area contributed by atoms with E-state index in [4.69, 9.17) is 9.33 Å². The van der Waals surface area contributed by atoms with Crippen LogP contribution in [0.15, 0.2) is 0 Å². The molecule has 5 heteroatoms. The summed E-state index contributed by atoms with van der Waals surface area (Å²) in [6, 6.07) is 0. The van der Waals surface area contributed by atoms with Gasteiger partial charge in [-0.3, -0.25) is 4.55 Å². The molecule has 0 saturated carbocycles. The lowest BCUT2D eigenvalue weighted by molar-refractivity contribution is 0.560. The first-order valence-electron chi connectivity index (χ1n) is 0.736. The second-order valence-corrected chi connectivity index (χ2v) is 1.42. The summed E-state index contributed by atoms with van der Waals surface area (Å²) in [5, 5.41) is 0. The Labute approximate surface area is 37.9 Å². The number of rotatable bonds is 1. The van der Waals surface area contributed by atoms with Crippen molar-refractivity contribution in [3.8, 4) is 0 Å². The molecule has 0 saturated heterocycles. The molecule has 0 amide bonds. The lowest BCUT2D eigenvalue weighted by Gasteiger charge is -1.79. The quantitative estimate of drug-likeness (QED) is 0.345. The van der Waals surface area contributed by atoms with Crippen LogP contribution < -0.4 is 0 Å². The molecule has 2 N–H and O–H groups in total. The van der Waals surface area contributed by atoms with Crippen LogP contribution in [0.1, 0.15) is 0 Å². The average Bonchev–Trinajstić information content (AvgIpc) is 1.38. The van der Waals surface area contributed by atoms with Gasteiger partial charge in [0.2, 0.25) is 0 Å². The molecule has 0 aromatic rings. The second kappa shape index (κ2) is 2.65. The highest BCUT2D eigenvalue weighted by atomic mass is 32.2. The van der Waals surface area contributed by atoms with Gasteiger partial charge in [0, 0.05) is 0 Å². The normalized spacial score (nSPS) is 14.8. The number of thiol groups is 1. The predicted molar refractivity (Wildman–Crippen MR) is 22.8 cm³/mol. The SMILES string of the molecule is N=S(O)OS. The van der Waals surface area contributed by atoms with E-state index in [0.29, 0.717) is 0 Å². The van der Waals surface area contributed by atoms with Crippen LogP contribution in [0.4, 0.5) is 0 Å². The third-order valence-corrected chi connectivity index (χ3v) is 0.635. The van der Waals surface area contributed by atoms with E-state index in [9.17, 15) is 0 Å². The molecule has 5 heavy (non-hydrogen) atoms. The monoisotopic (exact) mass is 113 g/mol. The molecule has 1 atom stereocenters. The summed E-state index contributed by atoms with van der Waals surface area (Å²) in [5.41, 5.74) is 0. The van der Waals surface area contributed by atoms with Crippen LogP contribution in [0.5, 0.6) is 0 Å². The van der Waals surface area contributed by atoms with E-state index in [2.05, 4.69) is 16.5 Å². The zero-order valence-electron chi connectivity index (χ0n) is 2.21. The molecule has 32 valence electrons. The Morgan fingerprint density at radius 1 is 2.00 bits per heavy atom. The third kappa shape index (κ3) is 4.42. The Morgan fingerprint density at radius 3 is 2.20 bits per heavy atom. The van der Waals surface area contributed by atoms with Gasteiger partial charge in [-0.05, 0) is 12.9 Å². The fourth-order valence-corrected chi connectivity index (χ4v) is 0. The van der Waals surface area contributed by atoms with E-state index in [-0.39, 0.29) is 0 Å². The van der Waals surface area contributed by atoms with Gasteiger partial charge in [0.1, 0.15) is 0 Å². The summed E-state index contributed by atoms with van der Waals surface area (Å²) < 4.78 is 17.6. The topological polar surface area (TPSA) is 53.3 Å². The molecule has 0 radical (unpaired) electrons. The highest BCUT2D eigenvalue weighted by Crippen LogP contribution is 1.79. The summed E-state index contributed by atoms with van der Waals surface area (Å²) in [4.78, 5) is 0. The Morgan fingerprint density at radius 2 is 2.20 bits per heavy atom. The Hall–Kier alpha value is 0.420. The Bertz CT molecular complexity index is 42.9. The lowest BCUT2D eigenvalue weighted by atomic mass is 14.0. The van der Waals surface area contributed by atoms with Gasteiger partial charge >= 0.3 is 0 Å². The van der Waals surface area contributed by atoms with Gasteiger partial charge in [-0.15, -0.1) is 0 Å². The van der Waals surface area contributed by atoms with E-state index < -0.39 is 11.3 Å². The average molecular weight is 113 g/mol. The van der Waals surface area contributed by atoms with E-state index in [1.807, 2.05) is 0 Å². The van der Waals surface area contributed by atoms with Gasteiger partial charge in [-0.25, -0.2) is 8.41 Å². The zero-order chi connectivity index (χ0) is 4.28. The van der Waals surface area contributed by atoms with Crippen molar-refractivity contribution in [2.24, 2.45) is 0 Å². The van der Waals surface area contributed by atoms with Crippen molar-refractivity contribution in [2.75, 3.05) is 0 Å². The van der Waals surface area contributed by atoms with Gasteiger partial charge in [0.25, 0.3) is 0 Å². The fourth-order valence-electron chi connectivity index (χ4n) is 0. The molecule has 0 aliphatic rings. The molecule has 0 bridgehead atoms. The molecular formula is H3NO2S2. The van der Waals surface area contributed by atoms with Gasteiger partial charge in [-0.1, -0.05) is 0 Å². The molecule has 1 unspecified atom stereocenters. The highest BCUT2D eigenvalue weighted by molar-refractivity contribution is 7.89. The van der Waals surface area contributed by atoms with Crippen molar-refractivity contribution in [2.45, 2.75) is 0 Å². The molecule has 0 rings (SSSR count). The van der Waals surface area contributed by atoms with Crippen LogP contribution in [0.25, 0.3) is 0 Å². The molecule has 0 aromatic carbocycles. The van der Waals surface area contributed by atoms with Crippen LogP contribution in [0, 0.1) is 4.78 Å². The largest absolute Gasteiger partial charge is 0.300 e. The summed E-state index contributed by atoms with van der Waals surface area (Å²) in [6.45, 7) is 0. The number of hydrogen-bond donors (Lipinski definition) is 3. The first-order valence-corrected chi connectivity index (χ1v) is 2.21. The van der Waals surface area contributed by atoms with Crippen LogP contribution in [0.3, 0.4) is 0 Å². The van der Waals surface area contributed by atoms with Gasteiger partial charge in [0.05, 0.1) is 0 Å². The minimum Gasteiger partial charge on any atom is -0.300 e. The third-order valence-electron chi connectivity index (χ3n) is 0.0706. The summed E-state index contributed by atoms with van der Waals surface area (Å²) in [6.07, 6.45) is 0. The number of nitrogens with one attached hydrogen (secondary N) is 1. The molecule has 0 fully saturated rings. The van der Waals surface area contributed by atoms with E-state index in [0.717, 1.165) is 0 Å². The van der Waals surface area contributed by atoms with Crippen LogP contribution in [-0.2, 0) is 14.9 Å². The standard InChI is InChI=1S/H3NO2S2/c1-5(2)3-4/h4H,(H2,1,2). The van der Waals surface area contributed by atoms with Gasteiger partial charge in [0.15, 0.2) is 11.3 Å². The van der Waals surface area contributed by atoms with E-state index >= 15 is 0 Å². The summed E-state index contributed by atoms with van der Waals surface area (Å²) in [5.74, 6) is 0. The Kier molecular flexibility index (Phi) is 2.87. The fraction of sp³-hybridized carbons (Fsp3) is 0. The van der Waals surface area contributed by atoms with Crippen molar-refractivity contribution < 1.29 is 8.18 Å².